The highest BCUT2D eigenvalue weighted by atomic mass is 16.5. The minimum Gasteiger partial charge on any atom is -0.374 e. The van der Waals surface area contributed by atoms with Crippen LogP contribution in [0.2, 0.25) is 0 Å². The summed E-state index contributed by atoms with van der Waals surface area (Å²) in [6.45, 7) is 7.93. The lowest BCUT2D eigenvalue weighted by molar-refractivity contribution is -0.119. The van der Waals surface area contributed by atoms with E-state index in [0.29, 0.717) is 13.0 Å². The van der Waals surface area contributed by atoms with Crippen LogP contribution in [0, 0.1) is 0 Å². The first-order valence-corrected chi connectivity index (χ1v) is 5.42. The molecule has 0 radical (unpaired) electrons. The number of carbonyl (C=O) groups is 1. The van der Waals surface area contributed by atoms with Crippen molar-refractivity contribution >= 4 is 5.78 Å². The van der Waals surface area contributed by atoms with Gasteiger partial charge in [-0.15, -0.1) is 6.58 Å². The highest BCUT2D eigenvalue weighted by Crippen LogP contribution is 2.10. The fourth-order valence-electron chi connectivity index (χ4n) is 1.39. The molecule has 0 N–H and O–H groups in total. The fourth-order valence-corrected chi connectivity index (χ4v) is 1.39. The van der Waals surface area contributed by atoms with Crippen molar-refractivity contribution in [3.05, 3.63) is 12.7 Å². The van der Waals surface area contributed by atoms with Crippen molar-refractivity contribution in [1.29, 1.82) is 0 Å². The van der Waals surface area contributed by atoms with E-state index >= 15 is 0 Å². The first-order valence-electron chi connectivity index (χ1n) is 5.42. The Labute approximate surface area is 87.3 Å². The first-order chi connectivity index (χ1) is 6.70. The van der Waals surface area contributed by atoms with Gasteiger partial charge in [0.05, 0.1) is 12.7 Å². The van der Waals surface area contributed by atoms with Crippen LogP contribution in [0.15, 0.2) is 12.7 Å². The van der Waals surface area contributed by atoms with Crippen molar-refractivity contribution in [3.8, 4) is 0 Å². The van der Waals surface area contributed by atoms with Crippen LogP contribution >= 0.6 is 0 Å². The summed E-state index contributed by atoms with van der Waals surface area (Å²) in [6.07, 6.45) is 6.91. The maximum atomic E-state index is 10.9. The smallest absolute Gasteiger partial charge is 0.132 e. The highest BCUT2D eigenvalue weighted by molar-refractivity contribution is 5.75. The molecule has 0 saturated carbocycles. The maximum Gasteiger partial charge on any atom is 0.132 e. The van der Waals surface area contributed by atoms with Gasteiger partial charge in [0.25, 0.3) is 0 Å². The summed E-state index contributed by atoms with van der Waals surface area (Å²) in [5, 5.41) is 0. The Balaban J connectivity index is 3.71. The summed E-state index contributed by atoms with van der Waals surface area (Å²) in [7, 11) is 0. The third kappa shape index (κ3) is 7.99. The standard InChI is InChI=1S/C12H22O2/c1-4-6-7-8-12(10-11(3)13)14-9-5-2/h5,12H,2,4,6-10H2,1,3H3. The zero-order valence-electron chi connectivity index (χ0n) is 9.42. The molecule has 0 saturated heterocycles. The predicted molar refractivity (Wildman–Crippen MR) is 59.4 cm³/mol. The third-order valence-electron chi connectivity index (χ3n) is 2.09. The summed E-state index contributed by atoms with van der Waals surface area (Å²) in [6, 6.07) is 0. The number of carbonyl (C=O) groups excluding carboxylic acids is 1. The Bertz CT molecular complexity index is 164. The lowest BCUT2D eigenvalue weighted by Crippen LogP contribution is -2.16. The van der Waals surface area contributed by atoms with Gasteiger partial charge in [0.15, 0.2) is 0 Å². The number of ether oxygens (including phenoxy) is 1. The summed E-state index contributed by atoms with van der Waals surface area (Å²) in [5.74, 6) is 0.204. The van der Waals surface area contributed by atoms with Gasteiger partial charge in [0.2, 0.25) is 0 Å². The van der Waals surface area contributed by atoms with E-state index < -0.39 is 0 Å². The van der Waals surface area contributed by atoms with Crippen LogP contribution in [-0.2, 0) is 9.53 Å². The van der Waals surface area contributed by atoms with Crippen LogP contribution < -0.4 is 0 Å². The van der Waals surface area contributed by atoms with Crippen LogP contribution in [0.4, 0.5) is 0 Å². The Kier molecular flexibility index (Phi) is 8.54. The van der Waals surface area contributed by atoms with Crippen molar-refractivity contribution in [2.75, 3.05) is 6.61 Å². The second-order valence-electron chi connectivity index (χ2n) is 3.65. The Hall–Kier alpha value is -0.630. The topological polar surface area (TPSA) is 26.3 Å². The van der Waals surface area contributed by atoms with E-state index in [1.54, 1.807) is 13.0 Å². The molecule has 0 fully saturated rings. The number of rotatable bonds is 9. The molecule has 0 aliphatic carbocycles. The van der Waals surface area contributed by atoms with E-state index in [-0.39, 0.29) is 11.9 Å². The van der Waals surface area contributed by atoms with Gasteiger partial charge in [-0.2, -0.15) is 0 Å². The minimum absolute atomic E-state index is 0.0945. The van der Waals surface area contributed by atoms with Gasteiger partial charge < -0.3 is 4.74 Å². The van der Waals surface area contributed by atoms with Gasteiger partial charge in [-0.05, 0) is 13.3 Å². The Morgan fingerprint density at radius 1 is 1.50 bits per heavy atom. The highest BCUT2D eigenvalue weighted by Gasteiger charge is 2.10. The lowest BCUT2D eigenvalue weighted by atomic mass is 10.1. The van der Waals surface area contributed by atoms with Crippen LogP contribution in [0.25, 0.3) is 0 Å². The molecule has 82 valence electrons. The minimum atomic E-state index is 0.0945. The average Bonchev–Trinajstić information content (AvgIpc) is 2.13. The van der Waals surface area contributed by atoms with Gasteiger partial charge in [-0.1, -0.05) is 32.3 Å². The third-order valence-corrected chi connectivity index (χ3v) is 2.09. The molecular formula is C12H22O2. The maximum absolute atomic E-state index is 10.9. The zero-order chi connectivity index (χ0) is 10.8. The van der Waals surface area contributed by atoms with Gasteiger partial charge in [-0.3, -0.25) is 4.79 Å². The molecule has 0 aromatic carbocycles. The van der Waals surface area contributed by atoms with Crippen molar-refractivity contribution in [1.82, 2.24) is 0 Å². The van der Waals surface area contributed by atoms with Crippen LogP contribution in [0.1, 0.15) is 46.0 Å². The second kappa shape index (κ2) is 8.95. The Morgan fingerprint density at radius 2 is 2.21 bits per heavy atom. The number of ketones is 1. The summed E-state index contributed by atoms with van der Waals surface area (Å²) in [5.41, 5.74) is 0. The van der Waals surface area contributed by atoms with Gasteiger partial charge in [-0.25, -0.2) is 0 Å². The molecule has 0 heterocycles. The van der Waals surface area contributed by atoms with Crippen molar-refractivity contribution in [3.63, 3.8) is 0 Å². The molecule has 0 aliphatic heterocycles. The molecular weight excluding hydrogens is 176 g/mol. The number of unbranched alkanes of at least 4 members (excludes halogenated alkanes) is 2. The fraction of sp³-hybridized carbons (Fsp3) is 0.750. The van der Waals surface area contributed by atoms with E-state index in [9.17, 15) is 4.79 Å². The van der Waals surface area contributed by atoms with E-state index in [2.05, 4.69) is 13.5 Å². The summed E-state index contributed by atoms with van der Waals surface area (Å²) in [4.78, 5) is 10.9. The average molecular weight is 198 g/mol. The van der Waals surface area contributed by atoms with Gasteiger partial charge in [0, 0.05) is 6.42 Å². The normalized spacial score (nSPS) is 12.4. The van der Waals surface area contributed by atoms with Crippen molar-refractivity contribution in [2.24, 2.45) is 0 Å². The molecule has 0 rings (SSSR count). The summed E-state index contributed by atoms with van der Waals surface area (Å²) < 4.78 is 5.51. The van der Waals surface area contributed by atoms with E-state index in [1.807, 2.05) is 0 Å². The van der Waals surface area contributed by atoms with Gasteiger partial charge >= 0.3 is 0 Å². The second-order valence-corrected chi connectivity index (χ2v) is 3.65. The largest absolute Gasteiger partial charge is 0.374 e. The monoisotopic (exact) mass is 198 g/mol. The molecule has 1 atom stereocenters. The molecule has 0 amide bonds. The van der Waals surface area contributed by atoms with Crippen LogP contribution in [-0.4, -0.2) is 18.5 Å². The number of hydrogen-bond donors (Lipinski definition) is 0. The number of hydrogen-bond acceptors (Lipinski definition) is 2. The number of Topliss-reactive ketones (excluding diaryl/α,β-unsaturated/α-hetero) is 1. The molecule has 0 bridgehead atoms. The van der Waals surface area contributed by atoms with E-state index in [4.69, 9.17) is 4.74 Å². The zero-order valence-corrected chi connectivity index (χ0v) is 9.42. The molecule has 14 heavy (non-hydrogen) atoms. The molecule has 0 aromatic heterocycles. The van der Waals surface area contributed by atoms with E-state index in [1.165, 1.54) is 12.8 Å². The van der Waals surface area contributed by atoms with Crippen molar-refractivity contribution < 1.29 is 9.53 Å². The molecule has 0 aromatic rings. The Morgan fingerprint density at radius 3 is 2.71 bits per heavy atom. The molecule has 1 unspecified atom stereocenters. The van der Waals surface area contributed by atoms with Gasteiger partial charge in [0.1, 0.15) is 5.78 Å². The first kappa shape index (κ1) is 13.4. The van der Waals surface area contributed by atoms with Crippen molar-refractivity contribution in [2.45, 2.75) is 52.1 Å². The van der Waals surface area contributed by atoms with Crippen LogP contribution in [0.3, 0.4) is 0 Å². The predicted octanol–water partition coefficient (Wildman–Crippen LogP) is 3.12. The van der Waals surface area contributed by atoms with Crippen LogP contribution in [0.5, 0.6) is 0 Å². The van der Waals surface area contributed by atoms with E-state index in [0.717, 1.165) is 12.8 Å². The molecule has 0 spiro atoms. The quantitative estimate of drug-likeness (QED) is 0.420. The molecule has 2 nitrogen and oxygen atoms in total. The molecule has 0 aliphatic rings. The molecule has 2 heteroatoms. The SMILES string of the molecule is C=CCOC(CCCCC)CC(C)=O. The summed E-state index contributed by atoms with van der Waals surface area (Å²) >= 11 is 0. The lowest BCUT2D eigenvalue weighted by Gasteiger charge is -2.15.